The molecule has 0 aliphatic rings. The molecule has 2 N–H and O–H groups in total. The number of sulfone groups is 1. The standard InChI is InChI=1S/C15H23NO4S/c1-3-10-21(19,20)14-7-5-13(6-8-14)16-11-12(2)4-9-15(17)18/h5-8,12,16H,3-4,9-11H2,1-2H3,(H,17,18). The zero-order valence-electron chi connectivity index (χ0n) is 12.5. The van der Waals surface area contributed by atoms with E-state index in [2.05, 4.69) is 5.32 Å². The minimum absolute atomic E-state index is 0.159. The maximum Gasteiger partial charge on any atom is 0.303 e. The van der Waals surface area contributed by atoms with Gasteiger partial charge in [-0.25, -0.2) is 8.42 Å². The summed E-state index contributed by atoms with van der Waals surface area (Å²) >= 11 is 0. The van der Waals surface area contributed by atoms with Crippen molar-refractivity contribution in [2.45, 2.75) is 38.0 Å². The lowest BCUT2D eigenvalue weighted by Gasteiger charge is -2.13. The van der Waals surface area contributed by atoms with E-state index in [0.29, 0.717) is 24.3 Å². The minimum atomic E-state index is -3.17. The molecular formula is C15H23NO4S. The van der Waals surface area contributed by atoms with Gasteiger partial charge >= 0.3 is 5.97 Å². The van der Waals surface area contributed by atoms with Crippen molar-refractivity contribution in [3.63, 3.8) is 0 Å². The van der Waals surface area contributed by atoms with Crippen molar-refractivity contribution in [1.29, 1.82) is 0 Å². The minimum Gasteiger partial charge on any atom is -0.481 e. The van der Waals surface area contributed by atoms with Gasteiger partial charge in [0.15, 0.2) is 9.84 Å². The predicted molar refractivity (Wildman–Crippen MR) is 83.3 cm³/mol. The van der Waals surface area contributed by atoms with Crippen molar-refractivity contribution in [1.82, 2.24) is 0 Å². The Balaban J connectivity index is 2.53. The van der Waals surface area contributed by atoms with E-state index in [4.69, 9.17) is 5.11 Å². The highest BCUT2D eigenvalue weighted by atomic mass is 32.2. The molecule has 0 fully saturated rings. The molecule has 21 heavy (non-hydrogen) atoms. The summed E-state index contributed by atoms with van der Waals surface area (Å²) in [5.41, 5.74) is 0.840. The molecule has 5 nitrogen and oxygen atoms in total. The molecule has 1 rings (SSSR count). The van der Waals surface area contributed by atoms with Crippen molar-refractivity contribution in [2.75, 3.05) is 17.6 Å². The lowest BCUT2D eigenvalue weighted by Crippen LogP contribution is -2.13. The first-order chi connectivity index (χ1) is 9.85. The number of aliphatic carboxylic acids is 1. The second-order valence-electron chi connectivity index (χ2n) is 5.26. The highest BCUT2D eigenvalue weighted by molar-refractivity contribution is 7.91. The Morgan fingerprint density at radius 1 is 1.29 bits per heavy atom. The number of benzene rings is 1. The molecular weight excluding hydrogens is 290 g/mol. The maximum atomic E-state index is 11.9. The fourth-order valence-electron chi connectivity index (χ4n) is 1.93. The van der Waals surface area contributed by atoms with Crippen LogP contribution in [-0.2, 0) is 14.6 Å². The third-order valence-corrected chi connectivity index (χ3v) is 5.13. The number of carboxylic acid groups (broad SMARTS) is 1. The molecule has 0 spiro atoms. The molecule has 6 heteroatoms. The summed E-state index contributed by atoms with van der Waals surface area (Å²) in [6.45, 7) is 4.48. The van der Waals surface area contributed by atoms with Gasteiger partial charge in [0.25, 0.3) is 0 Å². The van der Waals surface area contributed by atoms with E-state index in [-0.39, 0.29) is 18.1 Å². The fraction of sp³-hybridized carbons (Fsp3) is 0.533. The SMILES string of the molecule is CCCS(=O)(=O)c1ccc(NCC(C)CCC(=O)O)cc1. The molecule has 0 aliphatic carbocycles. The van der Waals surface area contributed by atoms with E-state index in [0.717, 1.165) is 5.69 Å². The largest absolute Gasteiger partial charge is 0.481 e. The zero-order chi connectivity index (χ0) is 15.9. The molecule has 0 saturated heterocycles. The molecule has 0 bridgehead atoms. The molecule has 118 valence electrons. The van der Waals surface area contributed by atoms with E-state index in [9.17, 15) is 13.2 Å². The smallest absolute Gasteiger partial charge is 0.303 e. The summed E-state index contributed by atoms with van der Waals surface area (Å²) in [7, 11) is -3.17. The second-order valence-corrected chi connectivity index (χ2v) is 7.37. The van der Waals surface area contributed by atoms with Crippen molar-refractivity contribution in [2.24, 2.45) is 5.92 Å². The lowest BCUT2D eigenvalue weighted by molar-refractivity contribution is -0.137. The normalized spacial score (nSPS) is 12.9. The molecule has 1 atom stereocenters. The Morgan fingerprint density at radius 2 is 1.90 bits per heavy atom. The van der Waals surface area contributed by atoms with Gasteiger partial charge in [-0.05, 0) is 43.0 Å². The summed E-state index contributed by atoms with van der Waals surface area (Å²) < 4.78 is 23.8. The first-order valence-electron chi connectivity index (χ1n) is 7.13. The highest BCUT2D eigenvalue weighted by Gasteiger charge is 2.12. The van der Waals surface area contributed by atoms with Crippen LogP contribution in [0, 0.1) is 5.92 Å². The van der Waals surface area contributed by atoms with Gasteiger partial charge in [-0.15, -0.1) is 0 Å². The van der Waals surface area contributed by atoms with Crippen molar-refractivity contribution < 1.29 is 18.3 Å². The number of rotatable bonds is 9. The third-order valence-electron chi connectivity index (χ3n) is 3.19. The van der Waals surface area contributed by atoms with Gasteiger partial charge in [-0.3, -0.25) is 4.79 Å². The summed E-state index contributed by atoms with van der Waals surface area (Å²) in [5.74, 6) is -0.386. The van der Waals surface area contributed by atoms with Crippen molar-refractivity contribution in [3.8, 4) is 0 Å². The molecule has 0 saturated carbocycles. The number of hydrogen-bond acceptors (Lipinski definition) is 4. The predicted octanol–water partition coefficient (Wildman–Crippen LogP) is 2.78. The zero-order valence-corrected chi connectivity index (χ0v) is 13.3. The first-order valence-corrected chi connectivity index (χ1v) is 8.79. The number of carbonyl (C=O) groups is 1. The molecule has 0 aromatic heterocycles. The summed E-state index contributed by atoms with van der Waals surface area (Å²) in [6.07, 6.45) is 1.38. The molecule has 0 amide bonds. The van der Waals surface area contributed by atoms with E-state index in [1.165, 1.54) is 0 Å². The van der Waals surface area contributed by atoms with E-state index in [1.807, 2.05) is 13.8 Å². The van der Waals surface area contributed by atoms with Crippen LogP contribution in [0.15, 0.2) is 29.2 Å². The van der Waals surface area contributed by atoms with Crippen LogP contribution in [-0.4, -0.2) is 31.8 Å². The van der Waals surface area contributed by atoms with Gasteiger partial charge in [0.2, 0.25) is 0 Å². The third kappa shape index (κ3) is 6.16. The second kappa shape index (κ2) is 8.02. The molecule has 0 aliphatic heterocycles. The first kappa shape index (κ1) is 17.5. The topological polar surface area (TPSA) is 83.5 Å². The molecule has 1 aromatic rings. The van der Waals surface area contributed by atoms with Gasteiger partial charge < -0.3 is 10.4 Å². The van der Waals surface area contributed by atoms with Crippen LogP contribution in [0.4, 0.5) is 5.69 Å². The van der Waals surface area contributed by atoms with Crippen molar-refractivity contribution in [3.05, 3.63) is 24.3 Å². The maximum absolute atomic E-state index is 11.9. The van der Waals surface area contributed by atoms with E-state index >= 15 is 0 Å². The highest BCUT2D eigenvalue weighted by Crippen LogP contribution is 2.17. The van der Waals surface area contributed by atoms with Crippen molar-refractivity contribution >= 4 is 21.5 Å². The molecule has 1 unspecified atom stereocenters. The average molecular weight is 313 g/mol. The van der Waals surface area contributed by atoms with Crippen LogP contribution < -0.4 is 5.32 Å². The number of hydrogen-bond donors (Lipinski definition) is 2. The average Bonchev–Trinajstić information content (AvgIpc) is 2.43. The van der Waals surface area contributed by atoms with Gasteiger partial charge in [-0.1, -0.05) is 13.8 Å². The molecule has 1 aromatic carbocycles. The van der Waals surface area contributed by atoms with Crippen LogP contribution in [0.3, 0.4) is 0 Å². The quantitative estimate of drug-likeness (QED) is 0.732. The van der Waals surface area contributed by atoms with Crippen LogP contribution in [0.2, 0.25) is 0 Å². The Kier molecular flexibility index (Phi) is 6.68. The molecule has 0 radical (unpaired) electrons. The Bertz CT molecular complexity index is 552. The van der Waals surface area contributed by atoms with E-state index in [1.54, 1.807) is 24.3 Å². The van der Waals surface area contributed by atoms with Gasteiger partial charge in [0.1, 0.15) is 0 Å². The summed E-state index contributed by atoms with van der Waals surface area (Å²) in [4.78, 5) is 10.8. The summed E-state index contributed by atoms with van der Waals surface area (Å²) in [5, 5.41) is 11.8. The van der Waals surface area contributed by atoms with Crippen LogP contribution in [0.5, 0.6) is 0 Å². The van der Waals surface area contributed by atoms with Crippen LogP contribution >= 0.6 is 0 Å². The van der Waals surface area contributed by atoms with Gasteiger partial charge in [0.05, 0.1) is 10.6 Å². The Labute approximate surface area is 126 Å². The lowest BCUT2D eigenvalue weighted by atomic mass is 10.1. The number of carboxylic acids is 1. The van der Waals surface area contributed by atoms with E-state index < -0.39 is 15.8 Å². The Hall–Kier alpha value is -1.56. The van der Waals surface area contributed by atoms with Crippen LogP contribution in [0.25, 0.3) is 0 Å². The van der Waals surface area contributed by atoms with Gasteiger partial charge in [0, 0.05) is 18.7 Å². The Morgan fingerprint density at radius 3 is 2.43 bits per heavy atom. The number of anilines is 1. The van der Waals surface area contributed by atoms with Crippen LogP contribution in [0.1, 0.15) is 33.1 Å². The monoisotopic (exact) mass is 313 g/mol. The van der Waals surface area contributed by atoms with Gasteiger partial charge in [-0.2, -0.15) is 0 Å². The number of nitrogens with one attached hydrogen (secondary N) is 1. The fourth-order valence-corrected chi connectivity index (χ4v) is 3.25. The summed E-state index contributed by atoms with van der Waals surface area (Å²) in [6, 6.07) is 6.70. The molecule has 0 heterocycles.